The van der Waals surface area contributed by atoms with E-state index in [1.165, 1.54) is 28.0 Å². The van der Waals surface area contributed by atoms with Crippen LogP contribution in [-0.2, 0) is 9.59 Å². The molecule has 6 nitrogen and oxygen atoms in total. The lowest BCUT2D eigenvalue weighted by Crippen LogP contribution is -2.63. The molecule has 9 heteroatoms. The molecule has 1 saturated heterocycles. The van der Waals surface area contributed by atoms with Crippen LogP contribution in [0.5, 0.6) is 0 Å². The van der Waals surface area contributed by atoms with Crippen molar-refractivity contribution in [2.45, 2.75) is 30.3 Å². The van der Waals surface area contributed by atoms with Gasteiger partial charge < -0.3 is 15.1 Å². The predicted molar refractivity (Wildman–Crippen MR) is 108 cm³/mol. The summed E-state index contributed by atoms with van der Waals surface area (Å²) >= 11 is 8.63. The number of carboxylic acids is 1. The third kappa shape index (κ3) is 3.04. The molecule has 3 heterocycles. The molecule has 0 saturated carbocycles. The van der Waals surface area contributed by atoms with E-state index in [1.54, 1.807) is 19.1 Å². The van der Waals surface area contributed by atoms with Crippen molar-refractivity contribution in [1.82, 2.24) is 9.88 Å². The number of carbonyl (C=O) groups is 2. The maximum Gasteiger partial charge on any atom is 0.353 e. The van der Waals surface area contributed by atoms with Crippen LogP contribution in [-0.4, -0.2) is 44.1 Å². The van der Waals surface area contributed by atoms with Crippen molar-refractivity contribution in [3.8, 4) is 11.3 Å². The molecule has 4 rings (SSSR count). The predicted octanol–water partition coefficient (Wildman–Crippen LogP) is 3.71. The Balaban J connectivity index is 1.63. The number of nitrogens with zero attached hydrogens (tertiary/aromatic N) is 2. The molecular formula is C19H17ClN2O4S2. The monoisotopic (exact) mass is 436 g/mol. The molecule has 1 aromatic carbocycles. The average Bonchev–Trinajstić information content (AvgIpc) is 3.18. The van der Waals surface area contributed by atoms with Crippen molar-refractivity contribution in [3.05, 3.63) is 45.3 Å². The second-order valence-electron chi connectivity index (χ2n) is 6.88. The van der Waals surface area contributed by atoms with Gasteiger partial charge in [-0.25, -0.2) is 9.78 Å². The van der Waals surface area contributed by atoms with Gasteiger partial charge in [0, 0.05) is 26.8 Å². The molecule has 1 unspecified atom stereocenters. The van der Waals surface area contributed by atoms with Crippen LogP contribution >= 0.6 is 34.7 Å². The maximum absolute atomic E-state index is 12.4. The van der Waals surface area contributed by atoms with Crippen LogP contribution < -0.4 is 0 Å². The molecule has 4 atom stereocenters. The summed E-state index contributed by atoms with van der Waals surface area (Å²) in [4.78, 5) is 30.8. The molecule has 0 spiro atoms. The number of carbonyl (C=O) groups excluding carboxylic acids is 1. The number of aliphatic carboxylic acids is 1. The summed E-state index contributed by atoms with van der Waals surface area (Å²) in [6, 6.07) is 7.02. The second-order valence-corrected chi connectivity index (χ2v) is 9.46. The summed E-state index contributed by atoms with van der Waals surface area (Å²) in [6.07, 6.45) is -0.813. The van der Waals surface area contributed by atoms with Gasteiger partial charge in [0.15, 0.2) is 4.34 Å². The van der Waals surface area contributed by atoms with Gasteiger partial charge in [0.1, 0.15) is 5.70 Å². The molecule has 146 valence electrons. The smallest absolute Gasteiger partial charge is 0.353 e. The lowest BCUT2D eigenvalue weighted by Gasteiger charge is -2.46. The van der Waals surface area contributed by atoms with Crippen LogP contribution in [0.3, 0.4) is 0 Å². The summed E-state index contributed by atoms with van der Waals surface area (Å²) in [7, 11) is 0. The Labute approximate surface area is 174 Å². The van der Waals surface area contributed by atoms with Gasteiger partial charge >= 0.3 is 5.97 Å². The highest BCUT2D eigenvalue weighted by Gasteiger charge is 2.60. The van der Waals surface area contributed by atoms with E-state index in [2.05, 4.69) is 4.98 Å². The number of aliphatic hydroxyl groups is 1. The number of thioether (sulfide) groups is 1. The molecule has 1 fully saturated rings. The van der Waals surface area contributed by atoms with Gasteiger partial charge in [0.05, 0.1) is 23.8 Å². The number of rotatable bonds is 5. The van der Waals surface area contributed by atoms with Gasteiger partial charge in [0.2, 0.25) is 5.91 Å². The summed E-state index contributed by atoms with van der Waals surface area (Å²) in [5.74, 6) is -2.22. The number of thiazole rings is 1. The van der Waals surface area contributed by atoms with Crippen molar-refractivity contribution < 1.29 is 19.8 Å². The minimum Gasteiger partial charge on any atom is -0.477 e. The van der Waals surface area contributed by atoms with Gasteiger partial charge in [-0.15, -0.1) is 11.3 Å². The van der Waals surface area contributed by atoms with Crippen LogP contribution in [0.4, 0.5) is 0 Å². The first-order valence-corrected chi connectivity index (χ1v) is 10.7. The van der Waals surface area contributed by atoms with E-state index >= 15 is 0 Å². The largest absolute Gasteiger partial charge is 0.477 e. The molecule has 2 aliphatic heterocycles. The lowest BCUT2D eigenvalue weighted by molar-refractivity contribution is -0.163. The van der Waals surface area contributed by atoms with Crippen molar-refractivity contribution >= 4 is 46.6 Å². The number of benzene rings is 1. The highest BCUT2D eigenvalue weighted by Crippen LogP contribution is 2.52. The summed E-state index contributed by atoms with van der Waals surface area (Å²) in [5.41, 5.74) is 1.72. The number of aliphatic hydroxyl groups excluding tert-OH is 1. The summed E-state index contributed by atoms with van der Waals surface area (Å²) < 4.78 is 0.703. The minimum absolute atomic E-state index is 0.00708. The van der Waals surface area contributed by atoms with Gasteiger partial charge in [-0.2, -0.15) is 0 Å². The van der Waals surface area contributed by atoms with Crippen molar-refractivity contribution in [3.63, 3.8) is 0 Å². The third-order valence-corrected chi connectivity index (χ3v) is 7.61. The topological polar surface area (TPSA) is 90.7 Å². The van der Waals surface area contributed by atoms with Crippen LogP contribution in [0.1, 0.15) is 13.8 Å². The number of β-lactam (4-membered cyclic amide) rings is 1. The number of halogens is 1. The fourth-order valence-corrected chi connectivity index (χ4v) is 6.03. The van der Waals surface area contributed by atoms with Crippen molar-refractivity contribution in [2.24, 2.45) is 11.8 Å². The molecule has 28 heavy (non-hydrogen) atoms. The first-order chi connectivity index (χ1) is 13.3. The molecule has 2 N–H and O–H groups in total. The van der Waals surface area contributed by atoms with Crippen molar-refractivity contribution in [2.75, 3.05) is 0 Å². The first kappa shape index (κ1) is 19.4. The van der Waals surface area contributed by atoms with E-state index in [0.29, 0.717) is 14.3 Å². The normalized spacial score (nSPS) is 24.9. The van der Waals surface area contributed by atoms with E-state index in [0.717, 1.165) is 11.3 Å². The number of hydrogen-bond acceptors (Lipinski definition) is 6. The Morgan fingerprint density at radius 2 is 2.04 bits per heavy atom. The van der Waals surface area contributed by atoms with Crippen LogP contribution in [0, 0.1) is 11.8 Å². The van der Waals surface area contributed by atoms with Gasteiger partial charge in [0.25, 0.3) is 0 Å². The van der Waals surface area contributed by atoms with Gasteiger partial charge in [-0.3, -0.25) is 4.79 Å². The average molecular weight is 437 g/mol. The molecule has 0 bridgehead atoms. The summed E-state index contributed by atoms with van der Waals surface area (Å²) in [6.45, 7) is 3.46. The molecule has 0 aliphatic carbocycles. The standard InChI is InChI=1S/C19H17ClN2O4S2/c1-8-14-13(9(2)23)17(24)22(14)15(18(25)26)16(8)28-19-21-12(7-27-19)10-3-5-11(20)6-4-10/h3-9,13-14,23H,1-2H3,(H,25,26)/t8-,9?,13-,14-/m1/s1. The van der Waals surface area contributed by atoms with E-state index in [9.17, 15) is 19.8 Å². The zero-order valence-corrected chi connectivity index (χ0v) is 17.4. The quantitative estimate of drug-likeness (QED) is 0.694. The van der Waals surface area contributed by atoms with E-state index in [4.69, 9.17) is 11.6 Å². The van der Waals surface area contributed by atoms with Crippen LogP contribution in [0.15, 0.2) is 44.6 Å². The van der Waals surface area contributed by atoms with Crippen LogP contribution in [0.25, 0.3) is 11.3 Å². The van der Waals surface area contributed by atoms with E-state index < -0.39 is 18.0 Å². The fraction of sp³-hybridized carbons (Fsp3) is 0.316. The Morgan fingerprint density at radius 1 is 1.36 bits per heavy atom. The maximum atomic E-state index is 12.4. The lowest BCUT2D eigenvalue weighted by atomic mass is 9.79. The zero-order chi connectivity index (χ0) is 20.2. The number of aromatic nitrogens is 1. The fourth-order valence-electron chi connectivity index (χ4n) is 3.81. The van der Waals surface area contributed by atoms with Gasteiger partial charge in [-0.05, 0) is 19.1 Å². The molecule has 1 amide bonds. The number of carboxylic acid groups (broad SMARTS) is 1. The zero-order valence-electron chi connectivity index (χ0n) is 15.0. The minimum atomic E-state index is -1.14. The van der Waals surface area contributed by atoms with Gasteiger partial charge in [-0.1, -0.05) is 42.4 Å². The highest BCUT2D eigenvalue weighted by atomic mass is 35.5. The SMILES string of the molecule is CC(O)[C@H]1C(=O)N2C(C(=O)O)=C(Sc3nc(-c4ccc(Cl)cc4)cs3)[C@H](C)[C@H]12. The van der Waals surface area contributed by atoms with Crippen LogP contribution in [0.2, 0.25) is 5.02 Å². The number of fused-ring (bicyclic) bond motifs is 1. The van der Waals surface area contributed by atoms with E-state index in [1.807, 2.05) is 24.4 Å². The van der Waals surface area contributed by atoms with E-state index in [-0.39, 0.29) is 23.6 Å². The Bertz CT molecular complexity index is 986. The number of hydrogen-bond donors (Lipinski definition) is 2. The Hall–Kier alpha value is -1.87. The molecular weight excluding hydrogens is 420 g/mol. The molecule has 2 aliphatic rings. The first-order valence-electron chi connectivity index (χ1n) is 8.67. The second kappa shape index (κ2) is 7.18. The Kier molecular flexibility index (Phi) is 4.99. The third-order valence-electron chi connectivity index (χ3n) is 5.13. The highest BCUT2D eigenvalue weighted by molar-refractivity contribution is 8.04. The molecule has 2 aromatic rings. The number of amides is 1. The Morgan fingerprint density at radius 3 is 2.64 bits per heavy atom. The molecule has 1 aromatic heterocycles. The van der Waals surface area contributed by atoms with Crippen molar-refractivity contribution in [1.29, 1.82) is 0 Å². The summed E-state index contributed by atoms with van der Waals surface area (Å²) in [5, 5.41) is 22.2. The molecule has 0 radical (unpaired) electrons.